The van der Waals surface area contributed by atoms with Crippen LogP contribution in [0.5, 0.6) is 0 Å². The average molecular weight is 188 g/mol. The lowest BCUT2D eigenvalue weighted by Crippen LogP contribution is -2.46. The third-order valence-electron chi connectivity index (χ3n) is 2.62. The zero-order chi connectivity index (χ0) is 9.90. The Hall–Kier alpha value is -0.810. The van der Waals surface area contributed by atoms with Crippen molar-refractivity contribution < 1.29 is 15.0 Å². The van der Waals surface area contributed by atoms with Gasteiger partial charge in [-0.2, -0.15) is 0 Å². The summed E-state index contributed by atoms with van der Waals surface area (Å²) in [5.41, 5.74) is 4.63. The maximum atomic E-state index is 10.3. The van der Waals surface area contributed by atoms with E-state index in [-0.39, 0.29) is 12.6 Å². The fraction of sp³-hybridized carbons (Fsp3) is 0.875. The third kappa shape index (κ3) is 2.86. The van der Waals surface area contributed by atoms with Gasteiger partial charge in [0.15, 0.2) is 0 Å². The van der Waals surface area contributed by atoms with Crippen molar-refractivity contribution in [3.05, 3.63) is 0 Å². The van der Waals surface area contributed by atoms with Gasteiger partial charge in [-0.05, 0) is 25.7 Å². The molecule has 1 rings (SSSR count). The molecule has 76 valence electrons. The van der Waals surface area contributed by atoms with Crippen molar-refractivity contribution in [2.75, 3.05) is 6.54 Å². The number of amides is 1. The molecule has 5 heteroatoms. The van der Waals surface area contributed by atoms with Crippen LogP contribution in [-0.2, 0) is 0 Å². The van der Waals surface area contributed by atoms with Crippen LogP contribution in [0, 0.1) is 0 Å². The molecule has 0 aromatic rings. The second-order valence-corrected chi connectivity index (χ2v) is 3.65. The SMILES string of the molecule is NC[C@]1(O)CC[C@@H](NC(=O)O)CC1. The Kier molecular flexibility index (Phi) is 3.11. The molecular weight excluding hydrogens is 172 g/mol. The lowest BCUT2D eigenvalue weighted by molar-refractivity contribution is 0.00516. The van der Waals surface area contributed by atoms with Crippen molar-refractivity contribution in [3.8, 4) is 0 Å². The number of aliphatic hydroxyl groups is 1. The molecule has 1 saturated carbocycles. The van der Waals surface area contributed by atoms with Crippen molar-refractivity contribution in [1.29, 1.82) is 0 Å². The summed E-state index contributed by atoms with van der Waals surface area (Å²) >= 11 is 0. The van der Waals surface area contributed by atoms with Crippen molar-refractivity contribution in [1.82, 2.24) is 5.32 Å². The second-order valence-electron chi connectivity index (χ2n) is 3.65. The molecule has 0 spiro atoms. The molecule has 0 heterocycles. The number of rotatable bonds is 2. The molecule has 1 aliphatic carbocycles. The van der Waals surface area contributed by atoms with E-state index >= 15 is 0 Å². The molecule has 0 radical (unpaired) electrons. The average Bonchev–Trinajstić information content (AvgIpc) is 2.09. The molecular formula is C8H16N2O3. The normalized spacial score (nSPS) is 34.2. The highest BCUT2D eigenvalue weighted by atomic mass is 16.4. The summed E-state index contributed by atoms with van der Waals surface area (Å²) in [6, 6.07) is -0.0238. The summed E-state index contributed by atoms with van der Waals surface area (Å²) in [4.78, 5) is 10.3. The third-order valence-corrected chi connectivity index (χ3v) is 2.62. The number of carbonyl (C=O) groups is 1. The van der Waals surface area contributed by atoms with E-state index in [1.807, 2.05) is 0 Å². The summed E-state index contributed by atoms with van der Waals surface area (Å²) in [7, 11) is 0. The predicted molar refractivity (Wildman–Crippen MR) is 47.4 cm³/mol. The van der Waals surface area contributed by atoms with E-state index in [1.54, 1.807) is 0 Å². The van der Waals surface area contributed by atoms with E-state index in [1.165, 1.54) is 0 Å². The van der Waals surface area contributed by atoms with Crippen molar-refractivity contribution in [2.45, 2.75) is 37.3 Å². The highest BCUT2D eigenvalue weighted by molar-refractivity contribution is 5.64. The number of hydrogen-bond acceptors (Lipinski definition) is 3. The Morgan fingerprint density at radius 3 is 2.46 bits per heavy atom. The van der Waals surface area contributed by atoms with Gasteiger partial charge in [-0.15, -0.1) is 0 Å². The molecule has 0 saturated heterocycles. The van der Waals surface area contributed by atoms with Gasteiger partial charge in [0.1, 0.15) is 0 Å². The van der Waals surface area contributed by atoms with Gasteiger partial charge in [0.2, 0.25) is 0 Å². The monoisotopic (exact) mass is 188 g/mol. The van der Waals surface area contributed by atoms with Gasteiger partial charge in [0, 0.05) is 12.6 Å². The summed E-state index contributed by atoms with van der Waals surface area (Å²) in [6.45, 7) is 0.257. The van der Waals surface area contributed by atoms with Crippen LogP contribution in [0.3, 0.4) is 0 Å². The van der Waals surface area contributed by atoms with Gasteiger partial charge in [0.25, 0.3) is 0 Å². The fourth-order valence-corrected chi connectivity index (χ4v) is 1.68. The van der Waals surface area contributed by atoms with Crippen LogP contribution in [0.4, 0.5) is 4.79 Å². The molecule has 0 aromatic carbocycles. The first kappa shape index (κ1) is 10.3. The molecule has 13 heavy (non-hydrogen) atoms. The standard InChI is InChI=1S/C8H16N2O3/c9-5-8(13)3-1-6(2-4-8)10-7(11)12/h6,10,13H,1-5,9H2,(H,11,12)/t6-,8+. The minimum absolute atomic E-state index is 0.0238. The van der Waals surface area contributed by atoms with Crippen LogP contribution in [0.1, 0.15) is 25.7 Å². The molecule has 1 amide bonds. The first-order valence-electron chi connectivity index (χ1n) is 4.48. The molecule has 1 aliphatic rings. The van der Waals surface area contributed by atoms with E-state index in [0.717, 1.165) is 0 Å². The molecule has 0 bridgehead atoms. The Bertz CT molecular complexity index is 188. The number of nitrogens with two attached hydrogens (primary N) is 1. The minimum atomic E-state index is -0.997. The lowest BCUT2D eigenvalue weighted by Gasteiger charge is -2.34. The van der Waals surface area contributed by atoms with E-state index in [4.69, 9.17) is 10.8 Å². The summed E-state index contributed by atoms with van der Waals surface area (Å²) in [6.07, 6.45) is 1.49. The fourth-order valence-electron chi connectivity index (χ4n) is 1.68. The molecule has 0 atom stereocenters. The lowest BCUT2D eigenvalue weighted by atomic mass is 9.82. The molecule has 1 fully saturated rings. The topological polar surface area (TPSA) is 95.6 Å². The van der Waals surface area contributed by atoms with Crippen LogP contribution < -0.4 is 11.1 Å². The Morgan fingerprint density at radius 2 is 2.08 bits per heavy atom. The maximum absolute atomic E-state index is 10.3. The van der Waals surface area contributed by atoms with Gasteiger partial charge in [0.05, 0.1) is 5.60 Å². The number of nitrogens with one attached hydrogen (secondary N) is 1. The number of carboxylic acid groups (broad SMARTS) is 1. The first-order chi connectivity index (χ1) is 6.06. The quantitative estimate of drug-likeness (QED) is 0.486. The van der Waals surface area contributed by atoms with E-state index < -0.39 is 11.7 Å². The van der Waals surface area contributed by atoms with Gasteiger partial charge >= 0.3 is 6.09 Å². The van der Waals surface area contributed by atoms with Crippen LogP contribution in [-0.4, -0.2) is 34.5 Å². The predicted octanol–water partition coefficient (Wildman–Crippen LogP) is -0.114. The van der Waals surface area contributed by atoms with Crippen LogP contribution in [0.25, 0.3) is 0 Å². The van der Waals surface area contributed by atoms with E-state index in [0.29, 0.717) is 25.7 Å². The van der Waals surface area contributed by atoms with Gasteiger partial charge in [-0.1, -0.05) is 0 Å². The zero-order valence-corrected chi connectivity index (χ0v) is 7.49. The highest BCUT2D eigenvalue weighted by Crippen LogP contribution is 2.27. The molecule has 5 nitrogen and oxygen atoms in total. The van der Waals surface area contributed by atoms with Crippen LogP contribution in [0.2, 0.25) is 0 Å². The minimum Gasteiger partial charge on any atom is -0.465 e. The van der Waals surface area contributed by atoms with Gasteiger partial charge < -0.3 is 21.3 Å². The van der Waals surface area contributed by atoms with Gasteiger partial charge in [-0.25, -0.2) is 4.79 Å². The summed E-state index contributed by atoms with van der Waals surface area (Å²) in [5.74, 6) is 0. The largest absolute Gasteiger partial charge is 0.465 e. The van der Waals surface area contributed by atoms with E-state index in [9.17, 15) is 9.90 Å². The second kappa shape index (κ2) is 3.93. The molecule has 5 N–H and O–H groups in total. The van der Waals surface area contributed by atoms with Crippen molar-refractivity contribution >= 4 is 6.09 Å². The molecule has 0 unspecified atom stereocenters. The Balaban J connectivity index is 2.34. The van der Waals surface area contributed by atoms with Crippen molar-refractivity contribution in [2.24, 2.45) is 5.73 Å². The zero-order valence-electron chi connectivity index (χ0n) is 7.49. The van der Waals surface area contributed by atoms with E-state index in [2.05, 4.69) is 5.32 Å². The summed E-state index contributed by atoms with van der Waals surface area (Å²) in [5, 5.41) is 20.6. The Labute approximate surface area is 76.9 Å². The number of hydrogen-bond donors (Lipinski definition) is 4. The first-order valence-corrected chi connectivity index (χ1v) is 4.48. The molecule has 0 aliphatic heterocycles. The smallest absolute Gasteiger partial charge is 0.404 e. The highest BCUT2D eigenvalue weighted by Gasteiger charge is 2.32. The van der Waals surface area contributed by atoms with Gasteiger partial charge in [-0.3, -0.25) is 0 Å². The van der Waals surface area contributed by atoms with Crippen LogP contribution >= 0.6 is 0 Å². The van der Waals surface area contributed by atoms with Crippen LogP contribution in [0.15, 0.2) is 0 Å². The summed E-state index contributed by atoms with van der Waals surface area (Å²) < 4.78 is 0. The Morgan fingerprint density at radius 1 is 1.54 bits per heavy atom. The maximum Gasteiger partial charge on any atom is 0.404 e. The van der Waals surface area contributed by atoms with Crippen molar-refractivity contribution in [3.63, 3.8) is 0 Å². The molecule has 0 aromatic heterocycles.